The smallest absolute Gasteiger partial charge is 0.175 e. The van der Waals surface area contributed by atoms with Crippen molar-refractivity contribution >= 4 is 28.8 Å². The molecule has 8 heteroatoms. The monoisotopic (exact) mass is 326 g/mol. The second kappa shape index (κ2) is 6.45. The molecule has 0 atom stereocenters. The Balaban J connectivity index is 1.89. The van der Waals surface area contributed by atoms with E-state index in [4.69, 9.17) is 15.0 Å². The molecule has 0 fully saturated rings. The van der Waals surface area contributed by atoms with Gasteiger partial charge in [0.2, 0.25) is 0 Å². The van der Waals surface area contributed by atoms with E-state index in [0.717, 1.165) is 11.3 Å². The van der Waals surface area contributed by atoms with Crippen LogP contribution in [0.5, 0.6) is 5.75 Å². The van der Waals surface area contributed by atoms with Gasteiger partial charge < -0.3 is 25.6 Å². The van der Waals surface area contributed by atoms with Crippen LogP contribution in [-0.2, 0) is 0 Å². The van der Waals surface area contributed by atoms with Gasteiger partial charge in [0.25, 0.3) is 0 Å². The van der Waals surface area contributed by atoms with E-state index in [2.05, 4.69) is 25.8 Å². The van der Waals surface area contributed by atoms with E-state index in [0.29, 0.717) is 34.7 Å². The van der Waals surface area contributed by atoms with Gasteiger partial charge in [0.1, 0.15) is 23.5 Å². The molecular formula is C16H18N6O2. The minimum atomic E-state index is 0.363. The Bertz CT molecular complexity index is 862. The Morgan fingerprint density at radius 1 is 1.08 bits per heavy atom. The van der Waals surface area contributed by atoms with Crippen LogP contribution in [0, 0.1) is 13.8 Å². The summed E-state index contributed by atoms with van der Waals surface area (Å²) in [6.45, 7) is 3.80. The van der Waals surface area contributed by atoms with Crippen LogP contribution in [-0.4, -0.2) is 22.2 Å². The maximum absolute atomic E-state index is 6.17. The molecular weight excluding hydrogens is 308 g/mol. The number of hydrogen-bond acceptors (Lipinski definition) is 8. The van der Waals surface area contributed by atoms with E-state index >= 15 is 0 Å². The summed E-state index contributed by atoms with van der Waals surface area (Å²) in [5, 5.41) is 10.0. The minimum absolute atomic E-state index is 0.363. The van der Waals surface area contributed by atoms with Gasteiger partial charge in [-0.15, -0.1) is 0 Å². The predicted molar refractivity (Wildman–Crippen MR) is 92.0 cm³/mol. The number of nitrogens with zero attached hydrogens (tertiary/aromatic N) is 3. The van der Waals surface area contributed by atoms with Crippen LogP contribution in [0.3, 0.4) is 0 Å². The summed E-state index contributed by atoms with van der Waals surface area (Å²) in [4.78, 5) is 8.34. The lowest BCUT2D eigenvalue weighted by atomic mass is 10.2. The lowest BCUT2D eigenvalue weighted by Gasteiger charge is -2.14. The minimum Gasteiger partial charge on any atom is -0.495 e. The molecule has 0 amide bonds. The van der Waals surface area contributed by atoms with Crippen LogP contribution >= 0.6 is 0 Å². The molecule has 0 bridgehead atoms. The van der Waals surface area contributed by atoms with Gasteiger partial charge >= 0.3 is 0 Å². The van der Waals surface area contributed by atoms with Gasteiger partial charge in [-0.3, -0.25) is 0 Å². The first kappa shape index (κ1) is 15.6. The number of methoxy groups -OCH3 is 1. The summed E-state index contributed by atoms with van der Waals surface area (Å²) in [5.74, 6) is 2.81. The molecule has 0 unspecified atom stereocenters. The summed E-state index contributed by atoms with van der Waals surface area (Å²) < 4.78 is 10.4. The number of anilines is 5. The summed E-state index contributed by atoms with van der Waals surface area (Å²) in [5.41, 5.74) is 8.38. The summed E-state index contributed by atoms with van der Waals surface area (Å²) in [7, 11) is 1.61. The first-order valence-corrected chi connectivity index (χ1v) is 7.29. The fraction of sp³-hybridized carbons (Fsp3) is 0.188. The van der Waals surface area contributed by atoms with Crippen LogP contribution in [0.1, 0.15) is 11.3 Å². The highest BCUT2D eigenvalue weighted by Crippen LogP contribution is 2.32. The van der Waals surface area contributed by atoms with E-state index in [-0.39, 0.29) is 0 Å². The first-order valence-electron chi connectivity index (χ1n) is 7.29. The van der Waals surface area contributed by atoms with Crippen LogP contribution in [0.2, 0.25) is 0 Å². The lowest BCUT2D eigenvalue weighted by Crippen LogP contribution is -2.06. The van der Waals surface area contributed by atoms with E-state index in [1.165, 1.54) is 6.33 Å². The van der Waals surface area contributed by atoms with Crippen LogP contribution in [0.4, 0.5) is 28.8 Å². The van der Waals surface area contributed by atoms with Gasteiger partial charge in [-0.1, -0.05) is 11.2 Å². The van der Waals surface area contributed by atoms with Gasteiger partial charge in [-0.25, -0.2) is 9.97 Å². The number of nitrogens with two attached hydrogens (primary N) is 1. The number of nitrogen functional groups attached to an aromatic ring is 1. The zero-order chi connectivity index (χ0) is 17.1. The molecule has 0 aliphatic heterocycles. The zero-order valence-electron chi connectivity index (χ0n) is 13.6. The standard InChI is InChI=1S/C16H18N6O2/c1-9-4-5-12(23-3)11(6-9)20-15-14(17)16(19-8-18-15)21-13-7-10(2)24-22-13/h4-8H,17H2,1-3H3,(H2,18,19,20,21,22). The third kappa shape index (κ3) is 3.22. The number of hydrogen-bond donors (Lipinski definition) is 3. The molecule has 24 heavy (non-hydrogen) atoms. The fourth-order valence-corrected chi connectivity index (χ4v) is 2.19. The third-order valence-electron chi connectivity index (χ3n) is 3.37. The topological polar surface area (TPSA) is 111 Å². The average molecular weight is 326 g/mol. The number of ether oxygens (including phenoxy) is 1. The quantitative estimate of drug-likeness (QED) is 0.655. The second-order valence-electron chi connectivity index (χ2n) is 5.26. The molecule has 4 N–H and O–H groups in total. The Morgan fingerprint density at radius 2 is 1.83 bits per heavy atom. The second-order valence-corrected chi connectivity index (χ2v) is 5.26. The number of aryl methyl sites for hydroxylation is 2. The number of benzene rings is 1. The number of aromatic nitrogens is 3. The Hall–Kier alpha value is -3.29. The molecule has 1 aromatic carbocycles. The molecule has 2 heterocycles. The average Bonchev–Trinajstić information content (AvgIpc) is 2.96. The molecule has 124 valence electrons. The highest BCUT2D eigenvalue weighted by atomic mass is 16.5. The summed E-state index contributed by atoms with van der Waals surface area (Å²) >= 11 is 0. The Morgan fingerprint density at radius 3 is 2.50 bits per heavy atom. The van der Waals surface area contributed by atoms with E-state index in [9.17, 15) is 0 Å². The molecule has 2 aromatic heterocycles. The largest absolute Gasteiger partial charge is 0.495 e. The van der Waals surface area contributed by atoms with Crippen molar-refractivity contribution in [3.63, 3.8) is 0 Å². The predicted octanol–water partition coefficient (Wildman–Crippen LogP) is 3.16. The number of rotatable bonds is 5. The first-order chi connectivity index (χ1) is 11.6. The molecule has 0 aliphatic carbocycles. The molecule has 0 aliphatic rings. The maximum Gasteiger partial charge on any atom is 0.175 e. The van der Waals surface area contributed by atoms with Gasteiger partial charge in [0, 0.05) is 6.07 Å². The van der Waals surface area contributed by atoms with Gasteiger partial charge in [-0.2, -0.15) is 0 Å². The van der Waals surface area contributed by atoms with Crippen molar-refractivity contribution in [1.29, 1.82) is 0 Å². The van der Waals surface area contributed by atoms with Crippen molar-refractivity contribution in [3.8, 4) is 5.75 Å². The van der Waals surface area contributed by atoms with Crippen molar-refractivity contribution in [2.24, 2.45) is 0 Å². The van der Waals surface area contributed by atoms with Gasteiger partial charge in [0.15, 0.2) is 17.5 Å². The molecule has 0 spiro atoms. The van der Waals surface area contributed by atoms with Crippen molar-refractivity contribution in [2.45, 2.75) is 13.8 Å². The molecule has 3 rings (SSSR count). The van der Waals surface area contributed by atoms with E-state index in [1.807, 2.05) is 25.1 Å². The van der Waals surface area contributed by atoms with Crippen molar-refractivity contribution in [2.75, 3.05) is 23.5 Å². The fourth-order valence-electron chi connectivity index (χ4n) is 2.19. The van der Waals surface area contributed by atoms with E-state index < -0.39 is 0 Å². The van der Waals surface area contributed by atoms with Crippen molar-refractivity contribution in [1.82, 2.24) is 15.1 Å². The number of nitrogens with one attached hydrogen (secondary N) is 2. The molecule has 0 saturated heterocycles. The zero-order valence-corrected chi connectivity index (χ0v) is 13.6. The molecule has 3 aromatic rings. The highest BCUT2D eigenvalue weighted by Gasteiger charge is 2.12. The maximum atomic E-state index is 6.17. The van der Waals surface area contributed by atoms with Gasteiger partial charge in [-0.05, 0) is 31.5 Å². The van der Waals surface area contributed by atoms with Crippen molar-refractivity contribution < 1.29 is 9.26 Å². The summed E-state index contributed by atoms with van der Waals surface area (Å²) in [6, 6.07) is 7.55. The SMILES string of the molecule is COc1ccc(C)cc1Nc1ncnc(Nc2cc(C)on2)c1N. The van der Waals surface area contributed by atoms with E-state index in [1.54, 1.807) is 20.1 Å². The molecule has 0 saturated carbocycles. The third-order valence-corrected chi connectivity index (χ3v) is 3.37. The molecule has 8 nitrogen and oxygen atoms in total. The Labute approximate surface area is 139 Å². The van der Waals surface area contributed by atoms with Crippen molar-refractivity contribution in [3.05, 3.63) is 41.9 Å². The van der Waals surface area contributed by atoms with Crippen LogP contribution in [0.25, 0.3) is 0 Å². The van der Waals surface area contributed by atoms with Crippen LogP contribution in [0.15, 0.2) is 35.1 Å². The highest BCUT2D eigenvalue weighted by molar-refractivity contribution is 5.81. The Kier molecular flexibility index (Phi) is 4.19. The summed E-state index contributed by atoms with van der Waals surface area (Å²) in [6.07, 6.45) is 1.41. The molecule has 0 radical (unpaired) electrons. The van der Waals surface area contributed by atoms with Gasteiger partial charge in [0.05, 0.1) is 12.8 Å². The normalized spacial score (nSPS) is 10.5. The lowest BCUT2D eigenvalue weighted by molar-refractivity contribution is 0.400. The van der Waals surface area contributed by atoms with Crippen LogP contribution < -0.4 is 21.1 Å².